The molecule has 0 unspecified atom stereocenters. The fourth-order valence-corrected chi connectivity index (χ4v) is 2.32. The summed E-state index contributed by atoms with van der Waals surface area (Å²) in [5.74, 6) is 0.987. The molecule has 0 spiro atoms. The fourth-order valence-electron chi connectivity index (χ4n) is 2.12. The molecule has 0 fully saturated rings. The molecule has 0 radical (unpaired) electrons. The zero-order chi connectivity index (χ0) is 14.8. The summed E-state index contributed by atoms with van der Waals surface area (Å²) in [5, 5.41) is 13.9. The van der Waals surface area contributed by atoms with E-state index in [0.29, 0.717) is 28.7 Å². The number of aromatic nitrogens is 2. The predicted octanol–water partition coefficient (Wildman–Crippen LogP) is 3.99. The van der Waals surface area contributed by atoms with Crippen LogP contribution in [0.3, 0.4) is 0 Å². The van der Waals surface area contributed by atoms with Gasteiger partial charge in [0.2, 0.25) is 0 Å². The highest BCUT2D eigenvalue weighted by Crippen LogP contribution is 2.30. The molecule has 2 aromatic carbocycles. The lowest BCUT2D eigenvalue weighted by Crippen LogP contribution is -1.91. The second-order valence-electron chi connectivity index (χ2n) is 4.85. The Bertz CT molecular complexity index is 783. The van der Waals surface area contributed by atoms with Gasteiger partial charge in [0.1, 0.15) is 5.75 Å². The van der Waals surface area contributed by atoms with E-state index in [2.05, 4.69) is 16.2 Å². The Morgan fingerprint density at radius 1 is 1.19 bits per heavy atom. The Labute approximate surface area is 127 Å². The van der Waals surface area contributed by atoms with Crippen LogP contribution in [0.25, 0.3) is 11.5 Å². The van der Waals surface area contributed by atoms with E-state index in [0.717, 1.165) is 5.56 Å². The quantitative estimate of drug-likeness (QED) is 0.794. The van der Waals surface area contributed by atoms with Crippen molar-refractivity contribution >= 4 is 11.6 Å². The maximum atomic E-state index is 9.52. The second-order valence-corrected chi connectivity index (χ2v) is 5.25. The van der Waals surface area contributed by atoms with Crippen molar-refractivity contribution in [3.05, 3.63) is 64.4 Å². The first-order chi connectivity index (χ1) is 10.1. The lowest BCUT2D eigenvalue weighted by Gasteiger charge is -1.99. The van der Waals surface area contributed by atoms with Crippen LogP contribution in [-0.2, 0) is 6.42 Å². The molecule has 0 amide bonds. The molecule has 0 aliphatic rings. The summed E-state index contributed by atoms with van der Waals surface area (Å²) in [6.45, 7) is 2.04. The van der Waals surface area contributed by atoms with Gasteiger partial charge in [0.15, 0.2) is 5.82 Å². The van der Waals surface area contributed by atoms with Crippen molar-refractivity contribution in [2.45, 2.75) is 13.3 Å². The summed E-state index contributed by atoms with van der Waals surface area (Å²) in [6, 6.07) is 12.7. The van der Waals surface area contributed by atoms with Gasteiger partial charge < -0.3 is 9.63 Å². The van der Waals surface area contributed by atoms with E-state index in [1.807, 2.05) is 25.1 Å². The van der Waals surface area contributed by atoms with Crippen LogP contribution in [0.5, 0.6) is 5.75 Å². The predicted molar refractivity (Wildman–Crippen MR) is 80.4 cm³/mol. The molecule has 1 heterocycles. The van der Waals surface area contributed by atoms with Crippen molar-refractivity contribution in [1.82, 2.24) is 10.1 Å². The number of nitrogens with zero attached hydrogens (tertiary/aromatic N) is 2. The van der Waals surface area contributed by atoms with Crippen molar-refractivity contribution in [2.24, 2.45) is 0 Å². The van der Waals surface area contributed by atoms with Gasteiger partial charge in [-0.15, -0.1) is 0 Å². The lowest BCUT2D eigenvalue weighted by molar-refractivity contribution is 0.423. The van der Waals surface area contributed by atoms with Gasteiger partial charge in [-0.2, -0.15) is 4.98 Å². The van der Waals surface area contributed by atoms with E-state index >= 15 is 0 Å². The molecule has 0 bridgehead atoms. The van der Waals surface area contributed by atoms with Gasteiger partial charge in [-0.25, -0.2) is 0 Å². The number of hydrogen-bond acceptors (Lipinski definition) is 4. The summed E-state index contributed by atoms with van der Waals surface area (Å²) in [4.78, 5) is 4.33. The van der Waals surface area contributed by atoms with E-state index in [9.17, 15) is 5.11 Å². The molecule has 0 aliphatic carbocycles. The molecule has 5 heteroatoms. The molecule has 3 rings (SSSR count). The van der Waals surface area contributed by atoms with Gasteiger partial charge in [-0.1, -0.05) is 46.6 Å². The monoisotopic (exact) mass is 300 g/mol. The first kappa shape index (κ1) is 13.6. The highest BCUT2D eigenvalue weighted by molar-refractivity contribution is 6.33. The Morgan fingerprint density at radius 2 is 2.05 bits per heavy atom. The summed E-state index contributed by atoms with van der Waals surface area (Å²) in [6.07, 6.45) is 0.585. The van der Waals surface area contributed by atoms with E-state index in [-0.39, 0.29) is 5.75 Å². The van der Waals surface area contributed by atoms with Crippen LogP contribution in [-0.4, -0.2) is 15.2 Å². The first-order valence-corrected chi connectivity index (χ1v) is 6.86. The molecule has 1 aromatic heterocycles. The standard InChI is InChI=1S/C16H13ClN2O2/c1-10-3-2-4-11(7-10)8-15-18-16(21-19-15)13-9-12(20)5-6-14(13)17/h2-7,9,20H,8H2,1H3. The van der Waals surface area contributed by atoms with Crippen LogP contribution in [0, 0.1) is 6.92 Å². The Morgan fingerprint density at radius 3 is 2.86 bits per heavy atom. The highest BCUT2D eigenvalue weighted by Gasteiger charge is 2.13. The van der Waals surface area contributed by atoms with Crippen LogP contribution in [0.2, 0.25) is 5.02 Å². The van der Waals surface area contributed by atoms with Gasteiger partial charge in [-0.3, -0.25) is 0 Å². The zero-order valence-electron chi connectivity index (χ0n) is 11.4. The summed E-state index contributed by atoms with van der Waals surface area (Å²) < 4.78 is 5.23. The normalized spacial score (nSPS) is 10.8. The number of hydrogen-bond donors (Lipinski definition) is 1. The van der Waals surface area contributed by atoms with Gasteiger partial charge in [-0.05, 0) is 30.7 Å². The molecule has 3 aromatic rings. The van der Waals surface area contributed by atoms with E-state index in [1.54, 1.807) is 6.07 Å². The minimum atomic E-state index is 0.104. The molecule has 4 nitrogen and oxygen atoms in total. The number of phenols is 1. The van der Waals surface area contributed by atoms with Crippen molar-refractivity contribution < 1.29 is 9.63 Å². The van der Waals surface area contributed by atoms with Gasteiger partial charge in [0.25, 0.3) is 5.89 Å². The largest absolute Gasteiger partial charge is 0.508 e. The fraction of sp³-hybridized carbons (Fsp3) is 0.125. The number of aromatic hydroxyl groups is 1. The van der Waals surface area contributed by atoms with Gasteiger partial charge >= 0.3 is 0 Å². The van der Waals surface area contributed by atoms with Crippen LogP contribution in [0.15, 0.2) is 47.0 Å². The molecule has 21 heavy (non-hydrogen) atoms. The Hall–Kier alpha value is -2.33. The van der Waals surface area contributed by atoms with Crippen molar-refractivity contribution in [1.29, 1.82) is 0 Å². The molecular formula is C16H13ClN2O2. The molecule has 0 saturated heterocycles. The number of rotatable bonds is 3. The van der Waals surface area contributed by atoms with Gasteiger partial charge in [0.05, 0.1) is 10.6 Å². The minimum Gasteiger partial charge on any atom is -0.508 e. The van der Waals surface area contributed by atoms with Crippen LogP contribution >= 0.6 is 11.6 Å². The van der Waals surface area contributed by atoms with Crippen LogP contribution in [0.1, 0.15) is 17.0 Å². The van der Waals surface area contributed by atoms with Crippen LogP contribution < -0.4 is 0 Å². The maximum Gasteiger partial charge on any atom is 0.259 e. The molecule has 0 saturated carbocycles. The SMILES string of the molecule is Cc1cccc(Cc2noc(-c3cc(O)ccc3Cl)n2)c1. The van der Waals surface area contributed by atoms with Crippen molar-refractivity contribution in [3.8, 4) is 17.2 Å². The van der Waals surface area contributed by atoms with Gasteiger partial charge in [0, 0.05) is 6.42 Å². The number of phenolic OH excluding ortho intramolecular Hbond substituents is 1. The van der Waals surface area contributed by atoms with E-state index in [4.69, 9.17) is 16.1 Å². The maximum absolute atomic E-state index is 9.52. The van der Waals surface area contributed by atoms with Crippen LogP contribution in [0.4, 0.5) is 0 Å². The number of benzene rings is 2. The molecule has 0 aliphatic heterocycles. The third-order valence-electron chi connectivity index (χ3n) is 3.09. The highest BCUT2D eigenvalue weighted by atomic mass is 35.5. The molecular weight excluding hydrogens is 288 g/mol. The van der Waals surface area contributed by atoms with Crippen molar-refractivity contribution in [3.63, 3.8) is 0 Å². The van der Waals surface area contributed by atoms with E-state index in [1.165, 1.54) is 17.7 Å². The first-order valence-electron chi connectivity index (χ1n) is 6.49. The second kappa shape index (κ2) is 5.58. The smallest absolute Gasteiger partial charge is 0.259 e. The lowest BCUT2D eigenvalue weighted by atomic mass is 10.1. The van der Waals surface area contributed by atoms with Crippen molar-refractivity contribution in [2.75, 3.05) is 0 Å². The number of aryl methyl sites for hydroxylation is 1. The molecule has 1 N–H and O–H groups in total. The third-order valence-corrected chi connectivity index (χ3v) is 3.42. The van der Waals surface area contributed by atoms with E-state index < -0.39 is 0 Å². The zero-order valence-corrected chi connectivity index (χ0v) is 12.1. The summed E-state index contributed by atoms with van der Waals surface area (Å²) >= 11 is 6.08. The Kier molecular flexibility index (Phi) is 3.62. The molecule has 0 atom stereocenters. The summed E-state index contributed by atoms with van der Waals surface area (Å²) in [7, 11) is 0. The molecule has 106 valence electrons. The average Bonchev–Trinajstić information content (AvgIpc) is 2.90. The Balaban J connectivity index is 1.88. The summed E-state index contributed by atoms with van der Waals surface area (Å²) in [5.41, 5.74) is 2.83. The topological polar surface area (TPSA) is 59.2 Å². The average molecular weight is 301 g/mol. The third kappa shape index (κ3) is 3.06. The number of halogens is 1. The minimum absolute atomic E-state index is 0.104.